The molecule has 1 saturated heterocycles. The topological polar surface area (TPSA) is 112 Å². The molecule has 10 heteroatoms. The Morgan fingerprint density at radius 1 is 1.22 bits per heavy atom. The van der Waals surface area contributed by atoms with Crippen molar-refractivity contribution in [1.82, 2.24) is 4.90 Å². The number of piperidine rings is 1. The lowest BCUT2D eigenvalue weighted by Crippen LogP contribution is -2.51. The maximum absolute atomic E-state index is 13.0. The van der Waals surface area contributed by atoms with E-state index in [0.717, 1.165) is 0 Å². The van der Waals surface area contributed by atoms with E-state index in [1.54, 1.807) is 0 Å². The minimum absolute atomic E-state index is 0.0391. The number of hydrogen-bond donors (Lipinski definition) is 2. The Hall–Kier alpha value is -1.29. The van der Waals surface area contributed by atoms with Gasteiger partial charge in [0.25, 0.3) is 0 Å². The summed E-state index contributed by atoms with van der Waals surface area (Å²) in [5, 5.41) is 3.77. The van der Waals surface area contributed by atoms with Crippen molar-refractivity contribution in [2.75, 3.05) is 13.1 Å². The lowest BCUT2D eigenvalue weighted by atomic mass is 9.97. The van der Waals surface area contributed by atoms with E-state index in [4.69, 9.17) is 9.66 Å². The number of aliphatic carboxylic acids is 1. The summed E-state index contributed by atoms with van der Waals surface area (Å²) in [4.78, 5) is 22.4. The molecular formula is C8H11F2NO6S. The molecule has 0 aliphatic carbocycles. The van der Waals surface area contributed by atoms with Gasteiger partial charge in [-0.15, -0.1) is 0 Å². The molecule has 2 N–H and O–H groups in total. The van der Waals surface area contributed by atoms with E-state index in [0.29, 0.717) is 4.90 Å². The number of amides is 1. The van der Waals surface area contributed by atoms with Crippen LogP contribution in [-0.2, 0) is 19.7 Å². The van der Waals surface area contributed by atoms with E-state index < -0.39 is 33.2 Å². The van der Waals surface area contributed by atoms with Gasteiger partial charge < -0.3 is 10.0 Å². The van der Waals surface area contributed by atoms with Gasteiger partial charge in [-0.25, -0.2) is 0 Å². The van der Waals surface area contributed by atoms with Crippen molar-refractivity contribution in [1.29, 1.82) is 0 Å². The smallest absolute Gasteiger partial charge is 0.446 e. The molecule has 0 aromatic heterocycles. The molecule has 0 aromatic carbocycles. The van der Waals surface area contributed by atoms with Crippen LogP contribution in [0.25, 0.3) is 0 Å². The Kier molecular flexibility index (Phi) is 3.91. The molecule has 1 aliphatic rings. The van der Waals surface area contributed by atoms with Crippen LogP contribution in [0.4, 0.5) is 8.78 Å². The first-order valence-electron chi connectivity index (χ1n) is 4.94. The van der Waals surface area contributed by atoms with Gasteiger partial charge in [0.2, 0.25) is 0 Å². The van der Waals surface area contributed by atoms with Gasteiger partial charge >= 0.3 is 27.2 Å². The van der Waals surface area contributed by atoms with E-state index in [-0.39, 0.29) is 25.9 Å². The van der Waals surface area contributed by atoms with Crippen molar-refractivity contribution in [3.8, 4) is 0 Å². The van der Waals surface area contributed by atoms with Gasteiger partial charge in [0.05, 0.1) is 5.92 Å². The predicted molar refractivity (Wildman–Crippen MR) is 53.4 cm³/mol. The largest absolute Gasteiger partial charge is 0.481 e. The second-order valence-electron chi connectivity index (χ2n) is 3.90. The molecule has 1 fully saturated rings. The van der Waals surface area contributed by atoms with Crippen molar-refractivity contribution in [3.05, 3.63) is 0 Å². The van der Waals surface area contributed by atoms with Gasteiger partial charge in [-0.1, -0.05) is 0 Å². The monoisotopic (exact) mass is 287 g/mol. The number of carboxylic acids is 1. The maximum Gasteiger partial charge on any atom is 0.446 e. The van der Waals surface area contributed by atoms with Crippen LogP contribution in [0.1, 0.15) is 12.8 Å². The summed E-state index contributed by atoms with van der Waals surface area (Å²) in [6, 6.07) is 0. The molecule has 18 heavy (non-hydrogen) atoms. The number of carboxylic acid groups (broad SMARTS) is 1. The van der Waals surface area contributed by atoms with Gasteiger partial charge in [0.15, 0.2) is 0 Å². The third-order valence-corrected chi connectivity index (χ3v) is 3.53. The third kappa shape index (κ3) is 2.75. The van der Waals surface area contributed by atoms with Crippen molar-refractivity contribution in [2.45, 2.75) is 18.1 Å². The Bertz CT molecular complexity index is 454. The lowest BCUT2D eigenvalue weighted by Gasteiger charge is -2.31. The lowest BCUT2D eigenvalue weighted by molar-refractivity contribution is -0.152. The number of likely N-dealkylation sites (tertiary alicyclic amines) is 1. The number of rotatable bonds is 3. The zero-order valence-corrected chi connectivity index (χ0v) is 9.86. The highest BCUT2D eigenvalue weighted by atomic mass is 32.2. The van der Waals surface area contributed by atoms with Gasteiger partial charge in [-0.05, 0) is 12.8 Å². The van der Waals surface area contributed by atoms with Gasteiger partial charge in [0.1, 0.15) is 0 Å². The third-order valence-electron chi connectivity index (χ3n) is 2.70. The molecule has 0 atom stereocenters. The Morgan fingerprint density at radius 2 is 1.67 bits per heavy atom. The van der Waals surface area contributed by atoms with Crippen molar-refractivity contribution in [2.24, 2.45) is 5.92 Å². The number of halogens is 2. The molecule has 1 amide bonds. The molecule has 0 unspecified atom stereocenters. The molecule has 1 heterocycles. The van der Waals surface area contributed by atoms with E-state index in [9.17, 15) is 26.8 Å². The van der Waals surface area contributed by atoms with E-state index in [1.165, 1.54) is 0 Å². The second kappa shape index (κ2) is 4.76. The summed E-state index contributed by atoms with van der Waals surface area (Å²) in [7, 11) is -5.82. The Labute approximate surface area is 101 Å². The van der Waals surface area contributed by atoms with Crippen molar-refractivity contribution in [3.63, 3.8) is 0 Å². The fourth-order valence-corrected chi connectivity index (χ4v) is 1.97. The zero-order valence-electron chi connectivity index (χ0n) is 9.04. The summed E-state index contributed by atoms with van der Waals surface area (Å²) in [5.41, 5.74) is 0. The SMILES string of the molecule is O=C(O)C1CCN(C(=O)C(F)(F)S(=O)(=O)O)CC1. The number of carbonyl (C=O) groups excluding carboxylic acids is 1. The molecule has 0 bridgehead atoms. The Morgan fingerprint density at radius 3 is 2.00 bits per heavy atom. The number of alkyl halides is 2. The fourth-order valence-electron chi connectivity index (χ4n) is 1.62. The number of hydrogen-bond acceptors (Lipinski definition) is 4. The van der Waals surface area contributed by atoms with Gasteiger partial charge in [-0.2, -0.15) is 17.2 Å². The average Bonchev–Trinajstić information content (AvgIpc) is 2.26. The number of nitrogens with zero attached hydrogens (tertiary/aromatic N) is 1. The van der Waals surface area contributed by atoms with Crippen LogP contribution in [0, 0.1) is 5.92 Å². The molecular weight excluding hydrogens is 276 g/mol. The summed E-state index contributed by atoms with van der Waals surface area (Å²) in [6.45, 7) is -0.582. The molecule has 0 spiro atoms. The first kappa shape index (κ1) is 14.8. The fraction of sp³-hybridized carbons (Fsp3) is 0.750. The quantitative estimate of drug-likeness (QED) is 0.695. The van der Waals surface area contributed by atoms with Crippen LogP contribution in [0.2, 0.25) is 0 Å². The highest BCUT2D eigenvalue weighted by Crippen LogP contribution is 2.26. The van der Waals surface area contributed by atoms with Crippen molar-refractivity contribution < 1.29 is 36.4 Å². The summed E-state index contributed by atoms with van der Waals surface area (Å²) in [5.74, 6) is -3.87. The highest BCUT2D eigenvalue weighted by molar-refractivity contribution is 7.87. The molecule has 0 saturated carbocycles. The van der Waals surface area contributed by atoms with E-state index >= 15 is 0 Å². The van der Waals surface area contributed by atoms with E-state index in [2.05, 4.69) is 0 Å². The zero-order chi connectivity index (χ0) is 14.1. The molecule has 0 aromatic rings. The average molecular weight is 287 g/mol. The van der Waals surface area contributed by atoms with Crippen LogP contribution in [0.5, 0.6) is 0 Å². The standard InChI is InChI=1S/C8H11F2NO6S/c9-8(10,18(15,16)17)7(14)11-3-1-5(2-4-11)6(12)13/h5H,1-4H2,(H,12,13)(H,15,16,17). The van der Waals surface area contributed by atoms with Crippen LogP contribution >= 0.6 is 0 Å². The first-order chi connectivity index (χ1) is 8.07. The molecule has 7 nitrogen and oxygen atoms in total. The summed E-state index contributed by atoms with van der Waals surface area (Å²) >= 11 is 0. The van der Waals surface area contributed by atoms with Crippen LogP contribution < -0.4 is 0 Å². The minimum atomic E-state index is -5.82. The number of carbonyl (C=O) groups is 2. The maximum atomic E-state index is 13.0. The highest BCUT2D eigenvalue weighted by Gasteiger charge is 2.54. The summed E-state index contributed by atoms with van der Waals surface area (Å²) < 4.78 is 55.1. The Balaban J connectivity index is 2.75. The molecule has 1 rings (SSSR count). The molecule has 1 aliphatic heterocycles. The van der Waals surface area contributed by atoms with E-state index in [1.807, 2.05) is 0 Å². The van der Waals surface area contributed by atoms with Crippen LogP contribution in [0.3, 0.4) is 0 Å². The molecule has 0 radical (unpaired) electrons. The minimum Gasteiger partial charge on any atom is -0.481 e. The summed E-state index contributed by atoms with van der Waals surface area (Å²) in [6.07, 6.45) is -0.0781. The first-order valence-corrected chi connectivity index (χ1v) is 6.38. The van der Waals surface area contributed by atoms with Crippen LogP contribution in [0.15, 0.2) is 0 Å². The van der Waals surface area contributed by atoms with Gasteiger partial charge in [0, 0.05) is 13.1 Å². The molecule has 104 valence electrons. The van der Waals surface area contributed by atoms with Crippen LogP contribution in [-0.4, -0.2) is 53.2 Å². The predicted octanol–water partition coefficient (Wildman–Crippen LogP) is -0.210. The van der Waals surface area contributed by atoms with Crippen molar-refractivity contribution >= 4 is 22.0 Å². The van der Waals surface area contributed by atoms with Gasteiger partial charge in [-0.3, -0.25) is 14.1 Å². The second-order valence-corrected chi connectivity index (χ2v) is 5.36. The normalized spacial score (nSPS) is 18.7.